The van der Waals surface area contributed by atoms with Crippen LogP contribution < -0.4 is 14.8 Å². The van der Waals surface area contributed by atoms with Gasteiger partial charge in [0, 0.05) is 11.8 Å². The maximum atomic E-state index is 12.6. The highest BCUT2D eigenvalue weighted by Gasteiger charge is 2.20. The number of hydrogen-bond acceptors (Lipinski definition) is 5. The van der Waals surface area contributed by atoms with Gasteiger partial charge in [-0.05, 0) is 42.8 Å². The summed E-state index contributed by atoms with van der Waals surface area (Å²) in [6.07, 6.45) is 0.489. The second-order valence-electron chi connectivity index (χ2n) is 5.71. The number of methoxy groups -OCH3 is 1. The molecule has 1 aromatic heterocycles. The van der Waals surface area contributed by atoms with E-state index in [1.54, 1.807) is 43.5 Å². The number of nitrogens with one attached hydrogen (secondary N) is 1. The molecule has 1 N–H and O–H groups in total. The quantitative estimate of drug-likeness (QED) is 0.668. The van der Waals surface area contributed by atoms with Gasteiger partial charge < -0.3 is 14.8 Å². The largest absolute Gasteiger partial charge is 0.497 e. The van der Waals surface area contributed by atoms with E-state index in [9.17, 15) is 13.6 Å². The first kappa shape index (κ1) is 19.3. The van der Waals surface area contributed by atoms with Crippen molar-refractivity contribution in [2.24, 2.45) is 0 Å². The topological polar surface area (TPSA) is 78.3 Å². The van der Waals surface area contributed by atoms with Gasteiger partial charge in [0.25, 0.3) is 5.91 Å². The highest BCUT2D eigenvalue weighted by molar-refractivity contribution is 6.03. The van der Waals surface area contributed by atoms with Gasteiger partial charge in [-0.25, -0.2) is 4.68 Å². The normalized spacial score (nSPS) is 10.8. The van der Waals surface area contributed by atoms with Crippen LogP contribution in [-0.2, 0) is 6.42 Å². The third-order valence-corrected chi connectivity index (χ3v) is 3.95. The van der Waals surface area contributed by atoms with Gasteiger partial charge in [-0.1, -0.05) is 18.2 Å². The van der Waals surface area contributed by atoms with Crippen LogP contribution in [0.3, 0.4) is 0 Å². The van der Waals surface area contributed by atoms with Crippen molar-refractivity contribution in [3.8, 4) is 17.2 Å². The molecule has 0 bridgehead atoms. The van der Waals surface area contributed by atoms with Crippen molar-refractivity contribution in [3.63, 3.8) is 0 Å². The number of anilines is 1. The molecule has 3 rings (SSSR count). The summed E-state index contributed by atoms with van der Waals surface area (Å²) >= 11 is 0. The van der Waals surface area contributed by atoms with E-state index >= 15 is 0 Å². The highest BCUT2D eigenvalue weighted by atomic mass is 19.3. The van der Waals surface area contributed by atoms with Gasteiger partial charge in [0.15, 0.2) is 5.69 Å². The Kier molecular flexibility index (Phi) is 5.83. The summed E-state index contributed by atoms with van der Waals surface area (Å²) in [6.45, 7) is -1.03. The molecule has 0 fully saturated rings. The summed E-state index contributed by atoms with van der Waals surface area (Å²) in [6, 6.07) is 12.9. The number of alkyl halides is 2. The van der Waals surface area contributed by atoms with Gasteiger partial charge in [-0.3, -0.25) is 4.79 Å². The van der Waals surface area contributed by atoms with Crippen LogP contribution in [0.2, 0.25) is 0 Å². The van der Waals surface area contributed by atoms with E-state index in [-0.39, 0.29) is 11.4 Å². The lowest BCUT2D eigenvalue weighted by Crippen LogP contribution is -2.15. The smallest absolute Gasteiger partial charge is 0.387 e. The van der Waals surface area contributed by atoms with E-state index in [2.05, 4.69) is 20.4 Å². The number of rotatable bonds is 7. The van der Waals surface area contributed by atoms with Crippen LogP contribution in [0, 0.1) is 0 Å². The molecule has 0 unspecified atom stereocenters. The molecular formula is C19H18F2N4O3. The summed E-state index contributed by atoms with van der Waals surface area (Å²) in [4.78, 5) is 12.6. The number of benzene rings is 2. The van der Waals surface area contributed by atoms with Crippen LogP contribution in [0.5, 0.6) is 11.5 Å². The van der Waals surface area contributed by atoms with Gasteiger partial charge in [0.1, 0.15) is 11.5 Å². The standard InChI is InChI=1S/C19H18F2N4O3/c1-3-16-17(18(26)22-12-5-4-6-15(11-12)27-2)23-24-25(16)13-7-9-14(10-8-13)28-19(20)21/h4-11,19H,3H2,1-2H3,(H,22,26). The van der Waals surface area contributed by atoms with Gasteiger partial charge in [0.2, 0.25) is 0 Å². The zero-order valence-corrected chi connectivity index (χ0v) is 15.2. The molecule has 0 aliphatic heterocycles. The Labute approximate surface area is 159 Å². The average molecular weight is 388 g/mol. The van der Waals surface area contributed by atoms with Gasteiger partial charge in [-0.15, -0.1) is 5.10 Å². The number of nitrogens with zero attached hydrogens (tertiary/aromatic N) is 3. The number of halogens is 2. The second-order valence-corrected chi connectivity index (χ2v) is 5.71. The molecule has 0 aliphatic carbocycles. The molecule has 3 aromatic rings. The van der Waals surface area contributed by atoms with E-state index in [4.69, 9.17) is 4.74 Å². The fourth-order valence-corrected chi connectivity index (χ4v) is 2.66. The van der Waals surface area contributed by atoms with Gasteiger partial charge in [0.05, 0.1) is 18.5 Å². The molecular weight excluding hydrogens is 370 g/mol. The van der Waals surface area contributed by atoms with E-state index in [0.717, 1.165) is 0 Å². The fourth-order valence-electron chi connectivity index (χ4n) is 2.66. The number of aromatic nitrogens is 3. The summed E-state index contributed by atoms with van der Waals surface area (Å²) < 4.78 is 35.5. The van der Waals surface area contributed by atoms with E-state index in [0.29, 0.717) is 29.2 Å². The molecule has 7 nitrogen and oxygen atoms in total. The van der Waals surface area contributed by atoms with Crippen molar-refractivity contribution in [2.45, 2.75) is 20.0 Å². The first-order valence-corrected chi connectivity index (χ1v) is 8.47. The Morgan fingerprint density at radius 1 is 1.18 bits per heavy atom. The van der Waals surface area contributed by atoms with Crippen LogP contribution in [0.1, 0.15) is 23.1 Å². The number of ether oxygens (including phenoxy) is 2. The Morgan fingerprint density at radius 2 is 1.93 bits per heavy atom. The molecule has 146 valence electrons. The van der Waals surface area contributed by atoms with Crippen molar-refractivity contribution in [1.82, 2.24) is 15.0 Å². The zero-order valence-electron chi connectivity index (χ0n) is 15.2. The summed E-state index contributed by atoms with van der Waals surface area (Å²) in [5.41, 5.74) is 1.90. The summed E-state index contributed by atoms with van der Waals surface area (Å²) in [5.74, 6) is 0.241. The summed E-state index contributed by atoms with van der Waals surface area (Å²) in [5, 5.41) is 10.8. The molecule has 0 atom stereocenters. The Morgan fingerprint density at radius 3 is 2.57 bits per heavy atom. The molecule has 1 amide bonds. The van der Waals surface area contributed by atoms with Crippen LogP contribution in [0.25, 0.3) is 5.69 Å². The van der Waals surface area contributed by atoms with Crippen molar-refractivity contribution >= 4 is 11.6 Å². The van der Waals surface area contributed by atoms with Crippen molar-refractivity contribution in [1.29, 1.82) is 0 Å². The third-order valence-electron chi connectivity index (χ3n) is 3.95. The van der Waals surface area contributed by atoms with E-state index in [1.807, 2.05) is 6.92 Å². The maximum absolute atomic E-state index is 12.6. The van der Waals surface area contributed by atoms with Crippen LogP contribution >= 0.6 is 0 Å². The van der Waals surface area contributed by atoms with Crippen molar-refractivity contribution in [3.05, 3.63) is 59.9 Å². The van der Waals surface area contributed by atoms with E-state index < -0.39 is 12.5 Å². The predicted octanol–water partition coefficient (Wildman–Crippen LogP) is 3.69. The number of carbonyl (C=O) groups is 1. The Balaban J connectivity index is 1.84. The number of amides is 1. The first-order valence-electron chi connectivity index (χ1n) is 8.47. The minimum atomic E-state index is -2.89. The minimum Gasteiger partial charge on any atom is -0.497 e. The highest BCUT2D eigenvalue weighted by Crippen LogP contribution is 2.21. The van der Waals surface area contributed by atoms with Crippen molar-refractivity contribution < 1.29 is 23.0 Å². The molecule has 28 heavy (non-hydrogen) atoms. The molecule has 0 aliphatic rings. The van der Waals surface area contributed by atoms with Crippen LogP contribution in [0.4, 0.5) is 14.5 Å². The van der Waals surface area contributed by atoms with Gasteiger partial charge >= 0.3 is 6.61 Å². The molecule has 1 heterocycles. The van der Waals surface area contributed by atoms with Gasteiger partial charge in [-0.2, -0.15) is 8.78 Å². The fraction of sp³-hybridized carbons (Fsp3) is 0.211. The molecule has 0 spiro atoms. The third kappa shape index (κ3) is 4.25. The molecule has 2 aromatic carbocycles. The Bertz CT molecular complexity index is 958. The molecule has 9 heteroatoms. The summed E-state index contributed by atoms with van der Waals surface area (Å²) in [7, 11) is 1.54. The zero-order chi connectivity index (χ0) is 20.1. The van der Waals surface area contributed by atoms with Crippen LogP contribution in [-0.4, -0.2) is 34.6 Å². The second kappa shape index (κ2) is 8.47. The van der Waals surface area contributed by atoms with Crippen LogP contribution in [0.15, 0.2) is 48.5 Å². The number of carbonyl (C=O) groups excluding carboxylic acids is 1. The maximum Gasteiger partial charge on any atom is 0.387 e. The Hall–Kier alpha value is -3.49. The molecule has 0 radical (unpaired) electrons. The van der Waals surface area contributed by atoms with Crippen molar-refractivity contribution in [2.75, 3.05) is 12.4 Å². The molecule has 0 saturated heterocycles. The lowest BCUT2D eigenvalue weighted by atomic mass is 10.2. The SMILES string of the molecule is CCc1c(C(=O)Nc2cccc(OC)c2)nnn1-c1ccc(OC(F)F)cc1. The molecule has 0 saturated carbocycles. The lowest BCUT2D eigenvalue weighted by molar-refractivity contribution is -0.0498. The lowest BCUT2D eigenvalue weighted by Gasteiger charge is -2.09. The first-order chi connectivity index (χ1) is 13.5. The minimum absolute atomic E-state index is 0.0351. The predicted molar refractivity (Wildman–Crippen MR) is 98.3 cm³/mol. The monoisotopic (exact) mass is 388 g/mol. The number of hydrogen-bond donors (Lipinski definition) is 1. The van der Waals surface area contributed by atoms with E-state index in [1.165, 1.54) is 16.8 Å². The average Bonchev–Trinajstić information content (AvgIpc) is 3.12.